The Morgan fingerprint density at radius 3 is 2.21 bits per heavy atom. The van der Waals surface area contributed by atoms with Gasteiger partial charge in [0.2, 0.25) is 0 Å². The van der Waals surface area contributed by atoms with E-state index in [2.05, 4.69) is 46.4 Å². The van der Waals surface area contributed by atoms with Gasteiger partial charge in [-0.05, 0) is 67.2 Å². The molecule has 0 radical (unpaired) electrons. The summed E-state index contributed by atoms with van der Waals surface area (Å²) in [5.41, 5.74) is 4.25. The van der Waals surface area contributed by atoms with Gasteiger partial charge in [0.25, 0.3) is 0 Å². The molecule has 0 aliphatic rings. The van der Waals surface area contributed by atoms with Gasteiger partial charge in [0.15, 0.2) is 5.82 Å². The van der Waals surface area contributed by atoms with Crippen LogP contribution in [-0.2, 0) is 0 Å². The summed E-state index contributed by atoms with van der Waals surface area (Å²) < 4.78 is 1.81. The second-order valence-corrected chi connectivity index (χ2v) is 6.15. The second-order valence-electron chi connectivity index (χ2n) is 6.15. The highest BCUT2D eigenvalue weighted by atomic mass is 16.3. The lowest BCUT2D eigenvalue weighted by Crippen LogP contribution is -2.25. The van der Waals surface area contributed by atoms with Crippen LogP contribution < -0.4 is 0 Å². The fourth-order valence-electron chi connectivity index (χ4n) is 3.00. The van der Waals surface area contributed by atoms with Crippen LogP contribution in [0.25, 0.3) is 5.69 Å². The number of aromatic hydroxyl groups is 1. The molecule has 6 nitrogen and oxygen atoms in total. The summed E-state index contributed by atoms with van der Waals surface area (Å²) >= 11 is 0. The minimum absolute atomic E-state index is 0.125. The Morgan fingerprint density at radius 1 is 1.00 bits per heavy atom. The molecule has 0 aliphatic carbocycles. The van der Waals surface area contributed by atoms with Gasteiger partial charge in [-0.2, -0.15) is 4.68 Å². The average molecular weight is 323 g/mol. The Hall–Kier alpha value is -2.73. The molecule has 1 aromatic heterocycles. The van der Waals surface area contributed by atoms with Crippen LogP contribution >= 0.6 is 0 Å². The Bertz CT molecular complexity index is 819. The van der Waals surface area contributed by atoms with E-state index in [1.165, 1.54) is 0 Å². The van der Waals surface area contributed by atoms with Crippen LogP contribution in [0.1, 0.15) is 28.6 Å². The maximum absolute atomic E-state index is 9.55. The van der Waals surface area contributed by atoms with Crippen LogP contribution in [0.5, 0.6) is 5.75 Å². The third-order valence-electron chi connectivity index (χ3n) is 4.11. The minimum Gasteiger partial charge on any atom is -0.508 e. The third-order valence-corrected chi connectivity index (χ3v) is 4.11. The van der Waals surface area contributed by atoms with Crippen LogP contribution in [0.4, 0.5) is 0 Å². The van der Waals surface area contributed by atoms with Gasteiger partial charge in [-0.3, -0.25) is 4.90 Å². The number of hydrogen-bond donors (Lipinski definition) is 1. The first-order chi connectivity index (χ1) is 11.5. The van der Waals surface area contributed by atoms with Gasteiger partial charge in [0, 0.05) is 0 Å². The fraction of sp³-hybridized carbons (Fsp3) is 0.278. The number of aromatic nitrogens is 4. The number of benzene rings is 2. The summed E-state index contributed by atoms with van der Waals surface area (Å²) in [6.45, 7) is 4.11. The lowest BCUT2D eigenvalue weighted by Gasteiger charge is -2.24. The van der Waals surface area contributed by atoms with E-state index in [-0.39, 0.29) is 11.8 Å². The van der Waals surface area contributed by atoms with E-state index < -0.39 is 0 Å². The van der Waals surface area contributed by atoms with Gasteiger partial charge in [0.05, 0.1) is 11.7 Å². The molecule has 0 saturated carbocycles. The highest BCUT2D eigenvalue weighted by molar-refractivity contribution is 5.47. The number of para-hydroxylation sites is 1. The minimum atomic E-state index is -0.125. The van der Waals surface area contributed by atoms with Crippen molar-refractivity contribution in [2.24, 2.45) is 0 Å². The normalized spacial score (nSPS) is 12.5. The first kappa shape index (κ1) is 16.1. The second kappa shape index (κ2) is 6.41. The Labute approximate surface area is 141 Å². The van der Waals surface area contributed by atoms with Crippen molar-refractivity contribution < 1.29 is 5.11 Å². The van der Waals surface area contributed by atoms with E-state index in [4.69, 9.17) is 0 Å². The molecule has 0 spiro atoms. The Morgan fingerprint density at radius 2 is 1.62 bits per heavy atom. The summed E-state index contributed by atoms with van der Waals surface area (Å²) in [5.74, 6) is 0.980. The molecule has 3 aromatic rings. The molecule has 1 heterocycles. The molecule has 0 unspecified atom stereocenters. The van der Waals surface area contributed by atoms with Gasteiger partial charge in [-0.25, -0.2) is 0 Å². The largest absolute Gasteiger partial charge is 0.508 e. The van der Waals surface area contributed by atoms with E-state index in [0.717, 1.165) is 28.2 Å². The molecule has 24 heavy (non-hydrogen) atoms. The van der Waals surface area contributed by atoms with Gasteiger partial charge >= 0.3 is 0 Å². The van der Waals surface area contributed by atoms with Crippen molar-refractivity contribution in [3.8, 4) is 11.4 Å². The van der Waals surface area contributed by atoms with Crippen molar-refractivity contribution in [2.45, 2.75) is 19.9 Å². The molecule has 3 rings (SSSR count). The SMILES string of the molecule is Cc1cccc(C)c1-n1nnnc1[C@H](c1ccc(O)cc1)N(C)C. The fourth-order valence-corrected chi connectivity index (χ4v) is 3.00. The van der Waals surface area contributed by atoms with Crippen molar-refractivity contribution in [1.82, 2.24) is 25.1 Å². The van der Waals surface area contributed by atoms with Gasteiger partial charge in [-0.1, -0.05) is 30.3 Å². The molecule has 0 saturated heterocycles. The van der Waals surface area contributed by atoms with E-state index >= 15 is 0 Å². The quantitative estimate of drug-likeness (QED) is 0.799. The molecule has 0 amide bonds. The number of rotatable bonds is 4. The molecule has 0 aliphatic heterocycles. The zero-order valence-electron chi connectivity index (χ0n) is 14.3. The van der Waals surface area contributed by atoms with Crippen LogP contribution in [-0.4, -0.2) is 44.3 Å². The number of phenolic OH excluding ortho intramolecular Hbond substituents is 1. The number of tetrazole rings is 1. The third kappa shape index (κ3) is 2.88. The lowest BCUT2D eigenvalue weighted by molar-refractivity contribution is 0.325. The van der Waals surface area contributed by atoms with Crippen molar-refractivity contribution in [1.29, 1.82) is 0 Å². The highest BCUT2D eigenvalue weighted by Gasteiger charge is 2.25. The molecule has 0 fully saturated rings. The average Bonchev–Trinajstić information content (AvgIpc) is 2.98. The van der Waals surface area contributed by atoms with Crippen molar-refractivity contribution in [2.75, 3.05) is 14.1 Å². The zero-order valence-corrected chi connectivity index (χ0v) is 14.3. The van der Waals surface area contributed by atoms with E-state index in [1.54, 1.807) is 12.1 Å². The maximum Gasteiger partial charge on any atom is 0.178 e. The van der Waals surface area contributed by atoms with Gasteiger partial charge < -0.3 is 5.11 Å². The number of phenols is 1. The molecule has 2 aromatic carbocycles. The summed E-state index contributed by atoms with van der Waals surface area (Å²) in [4.78, 5) is 2.06. The molecular formula is C18H21N5O. The van der Waals surface area contributed by atoms with Gasteiger partial charge in [-0.15, -0.1) is 5.10 Å². The van der Waals surface area contributed by atoms with Crippen LogP contribution in [0.3, 0.4) is 0 Å². The van der Waals surface area contributed by atoms with Crippen molar-refractivity contribution in [3.63, 3.8) is 0 Å². The number of hydrogen-bond acceptors (Lipinski definition) is 5. The zero-order chi connectivity index (χ0) is 17.3. The predicted molar refractivity (Wildman–Crippen MR) is 92.3 cm³/mol. The molecule has 1 N–H and O–H groups in total. The Kier molecular flexibility index (Phi) is 4.31. The molecular weight excluding hydrogens is 302 g/mol. The first-order valence-corrected chi connectivity index (χ1v) is 7.79. The van der Waals surface area contributed by atoms with Gasteiger partial charge in [0.1, 0.15) is 5.75 Å². The lowest BCUT2D eigenvalue weighted by atomic mass is 10.0. The van der Waals surface area contributed by atoms with Crippen LogP contribution in [0, 0.1) is 13.8 Å². The molecule has 0 bridgehead atoms. The van der Waals surface area contributed by atoms with E-state index in [9.17, 15) is 5.11 Å². The predicted octanol–water partition coefficient (Wildman–Crippen LogP) is 2.64. The smallest absolute Gasteiger partial charge is 0.178 e. The Balaban J connectivity index is 2.15. The van der Waals surface area contributed by atoms with E-state index in [1.807, 2.05) is 37.0 Å². The number of nitrogens with zero attached hydrogens (tertiary/aromatic N) is 5. The molecule has 1 atom stereocenters. The van der Waals surface area contributed by atoms with Crippen LogP contribution in [0.15, 0.2) is 42.5 Å². The summed E-state index contributed by atoms with van der Waals surface area (Å²) in [7, 11) is 3.97. The molecule has 6 heteroatoms. The summed E-state index contributed by atoms with van der Waals surface area (Å²) in [6, 6.07) is 13.2. The first-order valence-electron chi connectivity index (χ1n) is 7.79. The van der Waals surface area contributed by atoms with Crippen LogP contribution in [0.2, 0.25) is 0 Å². The standard InChI is InChI=1S/C18H21N5O/c1-12-6-5-7-13(2)16(12)23-18(19-20-21-23)17(22(3)4)14-8-10-15(24)11-9-14/h5-11,17,24H,1-4H3/t17-/m0/s1. The molecule has 124 valence electrons. The summed E-state index contributed by atoms with van der Waals surface area (Å²) in [5, 5.41) is 22.0. The van der Waals surface area contributed by atoms with Crippen molar-refractivity contribution in [3.05, 3.63) is 65.0 Å². The van der Waals surface area contributed by atoms with Crippen molar-refractivity contribution >= 4 is 0 Å². The van der Waals surface area contributed by atoms with E-state index in [0.29, 0.717) is 0 Å². The monoisotopic (exact) mass is 323 g/mol. The summed E-state index contributed by atoms with van der Waals surface area (Å²) in [6.07, 6.45) is 0. The topological polar surface area (TPSA) is 67.1 Å². The highest BCUT2D eigenvalue weighted by Crippen LogP contribution is 2.29. The number of aryl methyl sites for hydroxylation is 2. The maximum atomic E-state index is 9.55.